The number of nitrogens with one attached hydrogen (secondary N) is 1. The summed E-state index contributed by atoms with van der Waals surface area (Å²) in [6.07, 6.45) is 0.938. The van der Waals surface area contributed by atoms with Gasteiger partial charge in [0.15, 0.2) is 0 Å². The van der Waals surface area contributed by atoms with Gasteiger partial charge in [-0.15, -0.1) is 0 Å². The minimum atomic E-state index is -0.204. The van der Waals surface area contributed by atoms with E-state index in [1.807, 2.05) is 72.8 Å². The van der Waals surface area contributed by atoms with Gasteiger partial charge in [0, 0.05) is 5.69 Å². The van der Waals surface area contributed by atoms with E-state index in [9.17, 15) is 4.79 Å². The number of hydrogen-bond donors (Lipinski definition) is 1. The molecule has 31 heavy (non-hydrogen) atoms. The average molecular weight is 420 g/mol. The molecule has 3 aromatic rings. The van der Waals surface area contributed by atoms with Crippen LogP contribution < -0.4 is 19.5 Å². The van der Waals surface area contributed by atoms with Gasteiger partial charge in [0.25, 0.3) is 5.91 Å². The lowest BCUT2D eigenvalue weighted by atomic mass is 10.1. The molecule has 0 heterocycles. The first-order valence-electron chi connectivity index (χ1n) is 10.6. The third-order valence-electron chi connectivity index (χ3n) is 4.56. The summed E-state index contributed by atoms with van der Waals surface area (Å²) in [5.74, 6) is 2.47. The van der Waals surface area contributed by atoms with Crippen LogP contribution in [-0.4, -0.2) is 25.7 Å². The summed E-state index contributed by atoms with van der Waals surface area (Å²) in [4.78, 5) is 12.7. The number of amides is 1. The van der Waals surface area contributed by atoms with Crippen molar-refractivity contribution >= 4 is 11.6 Å². The van der Waals surface area contributed by atoms with Gasteiger partial charge < -0.3 is 19.5 Å². The Balaban J connectivity index is 1.48. The van der Waals surface area contributed by atoms with Crippen molar-refractivity contribution in [3.8, 4) is 17.2 Å². The zero-order valence-corrected chi connectivity index (χ0v) is 18.0. The average Bonchev–Trinajstić information content (AvgIpc) is 2.78. The molecule has 0 bridgehead atoms. The number of ether oxygens (including phenoxy) is 3. The molecule has 3 aromatic carbocycles. The lowest BCUT2D eigenvalue weighted by Crippen LogP contribution is -2.14. The van der Waals surface area contributed by atoms with Crippen LogP contribution in [0.25, 0.3) is 0 Å². The molecule has 0 aliphatic heterocycles. The minimum absolute atomic E-state index is 0.204. The van der Waals surface area contributed by atoms with Crippen LogP contribution in [0.2, 0.25) is 0 Å². The van der Waals surface area contributed by atoms with Crippen molar-refractivity contribution in [2.75, 3.05) is 25.1 Å². The van der Waals surface area contributed by atoms with Gasteiger partial charge in [-0.05, 0) is 60.9 Å². The maximum absolute atomic E-state index is 12.7. The summed E-state index contributed by atoms with van der Waals surface area (Å²) in [5.41, 5.74) is 1.21. The summed E-state index contributed by atoms with van der Waals surface area (Å²) in [7, 11) is 0. The Bertz CT molecular complexity index is 939. The van der Waals surface area contributed by atoms with Crippen LogP contribution in [0.1, 0.15) is 30.6 Å². The summed E-state index contributed by atoms with van der Waals surface area (Å²) in [6.45, 7) is 5.76. The second-order valence-corrected chi connectivity index (χ2v) is 7.52. The third kappa shape index (κ3) is 7.37. The van der Waals surface area contributed by atoms with E-state index in [4.69, 9.17) is 14.2 Å². The van der Waals surface area contributed by atoms with Crippen LogP contribution in [0.5, 0.6) is 17.2 Å². The molecule has 1 N–H and O–H groups in total. The van der Waals surface area contributed by atoms with E-state index in [1.165, 1.54) is 0 Å². The lowest BCUT2D eigenvalue weighted by Gasteiger charge is -2.13. The summed E-state index contributed by atoms with van der Waals surface area (Å²) < 4.78 is 17.1. The van der Waals surface area contributed by atoms with E-state index in [1.54, 1.807) is 6.07 Å². The SMILES string of the molecule is CC(C)CCOc1ccccc1C(=O)Nc1ccc(OCCOc2ccccc2)cc1. The zero-order chi connectivity index (χ0) is 21.9. The zero-order valence-electron chi connectivity index (χ0n) is 18.0. The van der Waals surface area contributed by atoms with E-state index in [2.05, 4.69) is 19.2 Å². The fourth-order valence-corrected chi connectivity index (χ4v) is 2.85. The highest BCUT2D eigenvalue weighted by atomic mass is 16.5. The molecule has 0 unspecified atom stereocenters. The Hall–Kier alpha value is -3.47. The number of carbonyl (C=O) groups is 1. The Morgan fingerprint density at radius 1 is 0.742 bits per heavy atom. The van der Waals surface area contributed by atoms with Gasteiger partial charge in [0.2, 0.25) is 0 Å². The van der Waals surface area contributed by atoms with Crippen molar-refractivity contribution in [3.63, 3.8) is 0 Å². The largest absolute Gasteiger partial charge is 0.493 e. The fraction of sp³-hybridized carbons (Fsp3) is 0.269. The fourth-order valence-electron chi connectivity index (χ4n) is 2.85. The van der Waals surface area contributed by atoms with Gasteiger partial charge in [0.1, 0.15) is 30.5 Å². The molecular weight excluding hydrogens is 390 g/mol. The van der Waals surface area contributed by atoms with Crippen LogP contribution in [0.3, 0.4) is 0 Å². The van der Waals surface area contributed by atoms with Crippen molar-refractivity contribution in [1.82, 2.24) is 0 Å². The quantitative estimate of drug-likeness (QED) is 0.398. The number of anilines is 1. The molecule has 0 spiro atoms. The molecule has 1 amide bonds. The molecule has 0 aliphatic carbocycles. The van der Waals surface area contributed by atoms with Gasteiger partial charge in [-0.2, -0.15) is 0 Å². The van der Waals surface area contributed by atoms with Crippen LogP contribution in [-0.2, 0) is 0 Å². The molecule has 0 radical (unpaired) electrons. The predicted molar refractivity (Wildman–Crippen MR) is 123 cm³/mol. The molecule has 162 valence electrons. The Morgan fingerprint density at radius 2 is 1.35 bits per heavy atom. The van der Waals surface area contributed by atoms with Gasteiger partial charge in [-0.25, -0.2) is 0 Å². The van der Waals surface area contributed by atoms with Gasteiger partial charge in [0.05, 0.1) is 12.2 Å². The first-order chi connectivity index (χ1) is 15.1. The molecule has 0 aromatic heterocycles. The van der Waals surface area contributed by atoms with Crippen molar-refractivity contribution in [2.45, 2.75) is 20.3 Å². The van der Waals surface area contributed by atoms with Crippen molar-refractivity contribution < 1.29 is 19.0 Å². The molecule has 0 saturated carbocycles. The van der Waals surface area contributed by atoms with Crippen LogP contribution in [0.15, 0.2) is 78.9 Å². The van der Waals surface area contributed by atoms with Crippen LogP contribution >= 0.6 is 0 Å². The number of benzene rings is 3. The Labute approximate surface area is 184 Å². The van der Waals surface area contributed by atoms with E-state index in [0.29, 0.717) is 48.5 Å². The first kappa shape index (κ1) is 22.2. The van der Waals surface area contributed by atoms with E-state index in [0.717, 1.165) is 12.2 Å². The molecule has 0 atom stereocenters. The Kier molecular flexibility index (Phi) is 8.35. The van der Waals surface area contributed by atoms with Crippen molar-refractivity contribution in [1.29, 1.82) is 0 Å². The molecule has 5 heteroatoms. The van der Waals surface area contributed by atoms with Gasteiger partial charge >= 0.3 is 0 Å². The van der Waals surface area contributed by atoms with Crippen LogP contribution in [0.4, 0.5) is 5.69 Å². The first-order valence-corrected chi connectivity index (χ1v) is 10.6. The normalized spacial score (nSPS) is 10.5. The second-order valence-electron chi connectivity index (χ2n) is 7.52. The molecular formula is C26H29NO4. The maximum Gasteiger partial charge on any atom is 0.259 e. The minimum Gasteiger partial charge on any atom is -0.493 e. The molecule has 0 fully saturated rings. The van der Waals surface area contributed by atoms with Crippen LogP contribution in [0, 0.1) is 5.92 Å². The summed E-state index contributed by atoms with van der Waals surface area (Å²) in [5, 5.41) is 2.91. The standard InChI is InChI=1S/C26H29NO4/c1-20(2)16-17-31-25-11-7-6-10-24(25)26(28)27-21-12-14-23(15-13-21)30-19-18-29-22-8-4-3-5-9-22/h3-15,20H,16-19H2,1-2H3,(H,27,28). The smallest absolute Gasteiger partial charge is 0.259 e. The molecule has 0 saturated heterocycles. The van der Waals surface area contributed by atoms with E-state index in [-0.39, 0.29) is 5.91 Å². The van der Waals surface area contributed by atoms with E-state index < -0.39 is 0 Å². The number of carbonyl (C=O) groups excluding carboxylic acids is 1. The van der Waals surface area contributed by atoms with E-state index >= 15 is 0 Å². The summed E-state index contributed by atoms with van der Waals surface area (Å²) in [6, 6.07) is 24.2. The molecule has 0 aliphatic rings. The third-order valence-corrected chi connectivity index (χ3v) is 4.56. The lowest BCUT2D eigenvalue weighted by molar-refractivity contribution is 0.102. The second kappa shape index (κ2) is 11.6. The highest BCUT2D eigenvalue weighted by Crippen LogP contribution is 2.22. The topological polar surface area (TPSA) is 56.8 Å². The number of para-hydroxylation sites is 2. The highest BCUT2D eigenvalue weighted by Gasteiger charge is 2.12. The monoisotopic (exact) mass is 419 g/mol. The molecule has 5 nitrogen and oxygen atoms in total. The Morgan fingerprint density at radius 3 is 2.03 bits per heavy atom. The highest BCUT2D eigenvalue weighted by molar-refractivity contribution is 6.06. The maximum atomic E-state index is 12.7. The molecule has 3 rings (SSSR count). The summed E-state index contributed by atoms with van der Waals surface area (Å²) >= 11 is 0. The predicted octanol–water partition coefficient (Wildman–Crippen LogP) is 5.82. The van der Waals surface area contributed by atoms with Crippen molar-refractivity contribution in [3.05, 3.63) is 84.4 Å². The van der Waals surface area contributed by atoms with Gasteiger partial charge in [-0.3, -0.25) is 4.79 Å². The number of rotatable bonds is 11. The van der Waals surface area contributed by atoms with Crippen molar-refractivity contribution in [2.24, 2.45) is 5.92 Å². The van der Waals surface area contributed by atoms with Gasteiger partial charge in [-0.1, -0.05) is 44.2 Å². The number of hydrogen-bond acceptors (Lipinski definition) is 4.